The molecule has 1 atom stereocenters. The van der Waals surface area contributed by atoms with Gasteiger partial charge < -0.3 is 16.0 Å². The number of nitrogens with one attached hydrogen (secondary N) is 1. The largest absolute Gasteiger partial charge is 0.391 e. The van der Waals surface area contributed by atoms with Gasteiger partial charge in [0, 0.05) is 25.5 Å². The average Bonchev–Trinajstić information content (AvgIpc) is 3.30. The van der Waals surface area contributed by atoms with Crippen molar-refractivity contribution in [3.8, 4) is 0 Å². The fourth-order valence-electron chi connectivity index (χ4n) is 3.14. The number of amides is 1. The predicted molar refractivity (Wildman–Crippen MR) is 103 cm³/mol. The fraction of sp³-hybridized carbons (Fsp3) is 0.333. The van der Waals surface area contributed by atoms with Gasteiger partial charge in [0.15, 0.2) is 5.69 Å². The number of hydrogen-bond acceptors (Lipinski definition) is 7. The van der Waals surface area contributed by atoms with Crippen molar-refractivity contribution in [1.29, 1.82) is 0 Å². The number of aromatic nitrogens is 3. The molecule has 4 rings (SSSR count). The van der Waals surface area contributed by atoms with E-state index >= 15 is 0 Å². The van der Waals surface area contributed by atoms with E-state index in [-0.39, 0.29) is 11.9 Å². The molecular weight excluding hydrogens is 348 g/mol. The van der Waals surface area contributed by atoms with Crippen LogP contribution in [0, 0.1) is 0 Å². The summed E-state index contributed by atoms with van der Waals surface area (Å²) >= 11 is 1.36. The van der Waals surface area contributed by atoms with Crippen molar-refractivity contribution in [2.24, 2.45) is 0 Å². The Labute approximate surface area is 155 Å². The van der Waals surface area contributed by atoms with Crippen LogP contribution in [0.25, 0.3) is 10.2 Å². The van der Waals surface area contributed by atoms with Crippen molar-refractivity contribution in [1.82, 2.24) is 19.9 Å². The summed E-state index contributed by atoms with van der Waals surface area (Å²) in [5.41, 5.74) is 8.10. The molecule has 1 unspecified atom stereocenters. The lowest BCUT2D eigenvalue weighted by molar-refractivity contribution is 0.0789. The molecular formula is C18H20N6OS. The minimum Gasteiger partial charge on any atom is -0.391 e. The summed E-state index contributed by atoms with van der Waals surface area (Å²) in [5, 5.41) is 3.90. The van der Waals surface area contributed by atoms with Gasteiger partial charge in [-0.25, -0.2) is 9.97 Å². The van der Waals surface area contributed by atoms with E-state index in [0.29, 0.717) is 22.2 Å². The van der Waals surface area contributed by atoms with Crippen molar-refractivity contribution in [3.05, 3.63) is 41.9 Å². The van der Waals surface area contributed by atoms with E-state index in [1.54, 1.807) is 18.5 Å². The molecule has 3 aromatic rings. The zero-order chi connectivity index (χ0) is 18.1. The first kappa shape index (κ1) is 16.7. The Morgan fingerprint density at radius 1 is 1.35 bits per heavy atom. The van der Waals surface area contributed by atoms with Crippen LogP contribution in [0.4, 0.5) is 10.9 Å². The third-order valence-electron chi connectivity index (χ3n) is 4.52. The molecule has 0 aliphatic carbocycles. The van der Waals surface area contributed by atoms with Crippen LogP contribution >= 0.6 is 11.3 Å². The maximum atomic E-state index is 12.9. The number of likely N-dealkylation sites (tertiary alicyclic amines) is 1. The quantitative estimate of drug-likeness (QED) is 0.734. The molecule has 134 valence electrons. The predicted octanol–water partition coefficient (Wildman–Crippen LogP) is 3.08. The van der Waals surface area contributed by atoms with Crippen LogP contribution in [0.2, 0.25) is 0 Å². The van der Waals surface area contributed by atoms with E-state index in [1.165, 1.54) is 11.3 Å². The molecule has 1 saturated heterocycles. The van der Waals surface area contributed by atoms with Gasteiger partial charge in [0.1, 0.15) is 0 Å². The Morgan fingerprint density at radius 3 is 2.88 bits per heavy atom. The van der Waals surface area contributed by atoms with Gasteiger partial charge in [-0.05, 0) is 37.5 Å². The molecule has 0 bridgehead atoms. The summed E-state index contributed by atoms with van der Waals surface area (Å²) in [6, 6.07) is 5.64. The Kier molecular flexibility index (Phi) is 4.42. The maximum Gasteiger partial charge on any atom is 0.274 e. The highest BCUT2D eigenvalue weighted by molar-refractivity contribution is 7.22. The molecule has 0 radical (unpaired) electrons. The van der Waals surface area contributed by atoms with Crippen LogP contribution < -0.4 is 11.1 Å². The number of nitrogen functional groups attached to an aromatic ring is 1. The Balaban J connectivity index is 1.70. The lowest BCUT2D eigenvalue weighted by Crippen LogP contribution is -2.28. The third-order valence-corrected chi connectivity index (χ3v) is 5.48. The molecule has 3 N–H and O–H groups in total. The Morgan fingerprint density at radius 2 is 2.15 bits per heavy atom. The second-order valence-electron chi connectivity index (χ2n) is 6.41. The number of carbonyl (C=O) groups excluding carboxylic acids is 1. The Hall–Kier alpha value is -2.74. The van der Waals surface area contributed by atoms with Crippen LogP contribution in [0.15, 0.2) is 30.6 Å². The normalized spacial score (nSPS) is 15.3. The second-order valence-corrected chi connectivity index (χ2v) is 7.49. The van der Waals surface area contributed by atoms with Crippen LogP contribution in [-0.4, -0.2) is 38.8 Å². The molecule has 1 fully saturated rings. The number of carbonyl (C=O) groups is 1. The van der Waals surface area contributed by atoms with Gasteiger partial charge in [0.2, 0.25) is 5.95 Å². The number of anilines is 2. The summed E-state index contributed by atoms with van der Waals surface area (Å²) in [5.74, 6) is 0.378. The monoisotopic (exact) mass is 368 g/mol. The number of hydrogen-bond donors (Lipinski definition) is 2. The number of pyridine rings is 1. The van der Waals surface area contributed by atoms with E-state index in [4.69, 9.17) is 5.73 Å². The van der Waals surface area contributed by atoms with Gasteiger partial charge in [0.05, 0.1) is 21.3 Å². The molecule has 7 nitrogen and oxygen atoms in total. The van der Waals surface area contributed by atoms with Gasteiger partial charge in [-0.1, -0.05) is 6.07 Å². The van der Waals surface area contributed by atoms with Gasteiger partial charge >= 0.3 is 0 Å². The summed E-state index contributed by atoms with van der Waals surface area (Å²) in [6.07, 6.45) is 5.61. The maximum absolute atomic E-state index is 12.9. The molecule has 8 heteroatoms. The highest BCUT2D eigenvalue weighted by atomic mass is 32.1. The number of nitrogens with two attached hydrogens (primary N) is 1. The molecule has 1 aliphatic heterocycles. The summed E-state index contributed by atoms with van der Waals surface area (Å²) < 4.78 is 0.749. The van der Waals surface area contributed by atoms with Gasteiger partial charge in [-0.3, -0.25) is 9.78 Å². The molecule has 3 aromatic heterocycles. The van der Waals surface area contributed by atoms with E-state index in [9.17, 15) is 4.79 Å². The average molecular weight is 368 g/mol. The number of rotatable bonds is 4. The van der Waals surface area contributed by atoms with E-state index in [1.807, 2.05) is 24.0 Å². The van der Waals surface area contributed by atoms with Crippen LogP contribution in [-0.2, 0) is 0 Å². The number of nitrogens with zero attached hydrogens (tertiary/aromatic N) is 4. The van der Waals surface area contributed by atoms with Crippen molar-refractivity contribution in [2.45, 2.75) is 25.8 Å². The standard InChI is InChI=1S/C18H20N6OS/c1-11(12-5-4-6-20-10-12)21-18-22-13-9-14(19)26-16(13)15(23-18)17(25)24-7-2-3-8-24/h4-6,9-11H,2-3,7-8,19H2,1H3,(H,21,22,23). The third kappa shape index (κ3) is 3.20. The number of thiophene rings is 1. The summed E-state index contributed by atoms with van der Waals surface area (Å²) in [4.78, 5) is 28.0. The van der Waals surface area contributed by atoms with Crippen LogP contribution in [0.3, 0.4) is 0 Å². The van der Waals surface area contributed by atoms with E-state index < -0.39 is 0 Å². The minimum absolute atomic E-state index is 0.0353. The van der Waals surface area contributed by atoms with E-state index in [0.717, 1.165) is 36.2 Å². The number of fused-ring (bicyclic) bond motifs is 1. The van der Waals surface area contributed by atoms with Crippen molar-refractivity contribution >= 4 is 38.4 Å². The first-order chi connectivity index (χ1) is 12.6. The van der Waals surface area contributed by atoms with E-state index in [2.05, 4.69) is 20.3 Å². The SMILES string of the molecule is CC(Nc1nc(C(=O)N2CCCC2)c2sc(N)cc2n1)c1cccnc1. The van der Waals surface area contributed by atoms with Crippen LogP contribution in [0.5, 0.6) is 0 Å². The minimum atomic E-state index is -0.0474. The summed E-state index contributed by atoms with van der Waals surface area (Å²) in [6.45, 7) is 3.56. The Bertz CT molecular complexity index is 936. The molecule has 1 aliphatic rings. The molecule has 26 heavy (non-hydrogen) atoms. The fourth-order valence-corrected chi connectivity index (χ4v) is 3.98. The first-order valence-corrected chi connectivity index (χ1v) is 9.46. The highest BCUT2D eigenvalue weighted by Crippen LogP contribution is 2.31. The second kappa shape index (κ2) is 6.87. The molecule has 0 aromatic carbocycles. The van der Waals surface area contributed by atoms with Crippen molar-refractivity contribution < 1.29 is 4.79 Å². The lowest BCUT2D eigenvalue weighted by atomic mass is 10.1. The van der Waals surface area contributed by atoms with Crippen LogP contribution in [0.1, 0.15) is 41.9 Å². The zero-order valence-electron chi connectivity index (χ0n) is 14.5. The highest BCUT2D eigenvalue weighted by Gasteiger charge is 2.25. The smallest absolute Gasteiger partial charge is 0.274 e. The summed E-state index contributed by atoms with van der Waals surface area (Å²) in [7, 11) is 0. The van der Waals surface area contributed by atoms with Crippen molar-refractivity contribution in [2.75, 3.05) is 24.1 Å². The molecule has 0 saturated carbocycles. The lowest BCUT2D eigenvalue weighted by Gasteiger charge is -2.17. The zero-order valence-corrected chi connectivity index (χ0v) is 15.3. The van der Waals surface area contributed by atoms with Gasteiger partial charge in [-0.15, -0.1) is 11.3 Å². The first-order valence-electron chi connectivity index (χ1n) is 8.64. The van der Waals surface area contributed by atoms with Crippen molar-refractivity contribution in [3.63, 3.8) is 0 Å². The van der Waals surface area contributed by atoms with Gasteiger partial charge in [-0.2, -0.15) is 0 Å². The topological polar surface area (TPSA) is 97.0 Å². The molecule has 1 amide bonds. The molecule has 0 spiro atoms. The van der Waals surface area contributed by atoms with Gasteiger partial charge in [0.25, 0.3) is 5.91 Å². The molecule has 4 heterocycles.